The topological polar surface area (TPSA) is 26.0 Å². The molecule has 0 aliphatic rings. The van der Waals surface area contributed by atoms with E-state index in [1.807, 2.05) is 19.1 Å². The highest BCUT2D eigenvalue weighted by Gasteiger charge is 2.04. The van der Waals surface area contributed by atoms with E-state index in [2.05, 4.69) is 22.6 Å². The van der Waals surface area contributed by atoms with Crippen molar-refractivity contribution in [2.24, 2.45) is 5.73 Å². The first-order chi connectivity index (χ1) is 5.16. The molecule has 1 aromatic rings. The molecule has 1 rings (SSSR count). The zero-order chi connectivity index (χ0) is 8.43. The van der Waals surface area contributed by atoms with Crippen LogP contribution in [0.3, 0.4) is 0 Å². The third-order valence-corrected chi connectivity index (χ3v) is 3.12. The van der Waals surface area contributed by atoms with Gasteiger partial charge in [0.25, 0.3) is 0 Å². The van der Waals surface area contributed by atoms with Crippen LogP contribution in [0.1, 0.15) is 11.1 Å². The average Bonchev–Trinajstić information content (AvgIpc) is 1.99. The molecule has 0 saturated heterocycles. The second kappa shape index (κ2) is 3.74. The Morgan fingerprint density at radius 1 is 1.55 bits per heavy atom. The number of hydrogen-bond donors (Lipinski definition) is 1. The number of hydrogen-bond acceptors (Lipinski definition) is 1. The molecule has 0 aliphatic heterocycles. The van der Waals surface area contributed by atoms with Gasteiger partial charge in [0.05, 0.1) is 0 Å². The zero-order valence-corrected chi connectivity index (χ0v) is 9.11. The van der Waals surface area contributed by atoms with Gasteiger partial charge in [0.2, 0.25) is 0 Å². The Balaban J connectivity index is 3.29. The van der Waals surface area contributed by atoms with Crippen LogP contribution in [-0.4, -0.2) is 0 Å². The average molecular weight is 282 g/mol. The van der Waals surface area contributed by atoms with E-state index in [9.17, 15) is 0 Å². The van der Waals surface area contributed by atoms with Gasteiger partial charge in [-0.2, -0.15) is 0 Å². The van der Waals surface area contributed by atoms with Gasteiger partial charge in [0, 0.05) is 15.1 Å². The Hall–Kier alpha value is 0.200. The highest BCUT2D eigenvalue weighted by molar-refractivity contribution is 14.1. The van der Waals surface area contributed by atoms with E-state index in [1.54, 1.807) is 0 Å². The van der Waals surface area contributed by atoms with E-state index < -0.39 is 0 Å². The molecular weight excluding hydrogens is 272 g/mol. The number of benzene rings is 1. The lowest BCUT2D eigenvalue weighted by Gasteiger charge is -2.06. The van der Waals surface area contributed by atoms with Crippen LogP contribution in [-0.2, 0) is 6.54 Å². The van der Waals surface area contributed by atoms with Gasteiger partial charge >= 0.3 is 0 Å². The minimum absolute atomic E-state index is 0.513. The molecule has 2 N–H and O–H groups in total. The molecule has 0 amide bonds. The Morgan fingerprint density at radius 2 is 2.18 bits per heavy atom. The first kappa shape index (κ1) is 9.29. The summed E-state index contributed by atoms with van der Waals surface area (Å²) in [7, 11) is 0. The molecule has 0 bridgehead atoms. The van der Waals surface area contributed by atoms with Crippen molar-refractivity contribution in [2.45, 2.75) is 13.5 Å². The van der Waals surface area contributed by atoms with Gasteiger partial charge in [-0.1, -0.05) is 17.7 Å². The minimum Gasteiger partial charge on any atom is -0.326 e. The Labute approximate surface area is 85.1 Å². The first-order valence-electron chi connectivity index (χ1n) is 3.30. The van der Waals surface area contributed by atoms with Crippen molar-refractivity contribution in [3.8, 4) is 0 Å². The lowest BCUT2D eigenvalue weighted by atomic mass is 10.1. The fourth-order valence-electron chi connectivity index (χ4n) is 0.902. The molecule has 0 aliphatic carbocycles. The van der Waals surface area contributed by atoms with Crippen molar-refractivity contribution in [3.05, 3.63) is 31.9 Å². The maximum Gasteiger partial charge on any atom is 0.0490 e. The monoisotopic (exact) mass is 281 g/mol. The molecule has 0 spiro atoms. The molecule has 0 radical (unpaired) electrons. The standard InChI is InChI=1S/C8H9ClIN/c1-5-2-3-7(10)6(4-11)8(5)9/h2-3H,4,11H2,1H3. The van der Waals surface area contributed by atoms with Gasteiger partial charge < -0.3 is 5.73 Å². The SMILES string of the molecule is Cc1ccc(I)c(CN)c1Cl. The summed E-state index contributed by atoms with van der Waals surface area (Å²) >= 11 is 8.25. The van der Waals surface area contributed by atoms with Crippen molar-refractivity contribution in [1.82, 2.24) is 0 Å². The summed E-state index contributed by atoms with van der Waals surface area (Å²) in [5, 5.41) is 0.805. The third-order valence-electron chi connectivity index (χ3n) is 1.58. The largest absolute Gasteiger partial charge is 0.326 e. The van der Waals surface area contributed by atoms with E-state index in [-0.39, 0.29) is 0 Å². The maximum atomic E-state index is 6.01. The van der Waals surface area contributed by atoms with Gasteiger partial charge in [0.1, 0.15) is 0 Å². The van der Waals surface area contributed by atoms with Crippen LogP contribution >= 0.6 is 34.2 Å². The van der Waals surface area contributed by atoms with E-state index in [4.69, 9.17) is 17.3 Å². The van der Waals surface area contributed by atoms with Crippen molar-refractivity contribution in [2.75, 3.05) is 0 Å². The molecule has 0 unspecified atom stereocenters. The van der Waals surface area contributed by atoms with Crippen LogP contribution in [0.5, 0.6) is 0 Å². The molecule has 60 valence electrons. The minimum atomic E-state index is 0.513. The predicted molar refractivity (Wildman–Crippen MR) is 56.8 cm³/mol. The number of nitrogens with two attached hydrogens (primary N) is 1. The summed E-state index contributed by atoms with van der Waals surface area (Å²) in [6, 6.07) is 4.03. The lowest BCUT2D eigenvalue weighted by Crippen LogP contribution is -2.00. The number of rotatable bonds is 1. The molecule has 3 heteroatoms. The summed E-state index contributed by atoms with van der Waals surface area (Å²) in [5.41, 5.74) is 7.67. The lowest BCUT2D eigenvalue weighted by molar-refractivity contribution is 1.05. The summed E-state index contributed by atoms with van der Waals surface area (Å²) in [6.45, 7) is 2.50. The Kier molecular flexibility index (Phi) is 3.16. The highest BCUT2D eigenvalue weighted by Crippen LogP contribution is 2.24. The van der Waals surface area contributed by atoms with E-state index in [0.717, 1.165) is 19.7 Å². The normalized spacial score (nSPS) is 10.2. The van der Waals surface area contributed by atoms with Crippen LogP contribution in [0.25, 0.3) is 0 Å². The number of aryl methyl sites for hydroxylation is 1. The summed E-state index contributed by atoms with van der Waals surface area (Å²) in [4.78, 5) is 0. The molecule has 0 heterocycles. The van der Waals surface area contributed by atoms with Crippen molar-refractivity contribution >= 4 is 34.2 Å². The van der Waals surface area contributed by atoms with E-state index in [0.29, 0.717) is 6.54 Å². The van der Waals surface area contributed by atoms with Gasteiger partial charge in [-0.25, -0.2) is 0 Å². The van der Waals surface area contributed by atoms with Gasteiger partial charge in [-0.05, 0) is 46.7 Å². The second-order valence-electron chi connectivity index (χ2n) is 2.36. The van der Waals surface area contributed by atoms with Gasteiger partial charge in [-0.3, -0.25) is 0 Å². The van der Waals surface area contributed by atoms with Crippen LogP contribution < -0.4 is 5.73 Å². The van der Waals surface area contributed by atoms with Crippen LogP contribution in [0, 0.1) is 10.5 Å². The van der Waals surface area contributed by atoms with Gasteiger partial charge in [0.15, 0.2) is 0 Å². The molecule has 1 nitrogen and oxygen atoms in total. The van der Waals surface area contributed by atoms with Crippen molar-refractivity contribution in [3.63, 3.8) is 0 Å². The van der Waals surface area contributed by atoms with Crippen LogP contribution in [0.4, 0.5) is 0 Å². The van der Waals surface area contributed by atoms with E-state index in [1.165, 1.54) is 0 Å². The Morgan fingerprint density at radius 3 is 2.64 bits per heavy atom. The fourth-order valence-corrected chi connectivity index (χ4v) is 1.97. The highest BCUT2D eigenvalue weighted by atomic mass is 127. The van der Waals surface area contributed by atoms with Crippen LogP contribution in [0.2, 0.25) is 5.02 Å². The summed E-state index contributed by atoms with van der Waals surface area (Å²) in [6.07, 6.45) is 0. The molecule has 0 saturated carbocycles. The third kappa shape index (κ3) is 1.86. The van der Waals surface area contributed by atoms with Crippen molar-refractivity contribution < 1.29 is 0 Å². The smallest absolute Gasteiger partial charge is 0.0490 e. The molecule has 0 fully saturated rings. The Bertz CT molecular complexity index is 273. The fraction of sp³-hybridized carbons (Fsp3) is 0.250. The molecule has 0 atom stereocenters. The van der Waals surface area contributed by atoms with E-state index >= 15 is 0 Å². The summed E-state index contributed by atoms with van der Waals surface area (Å²) in [5.74, 6) is 0. The van der Waals surface area contributed by atoms with Crippen LogP contribution in [0.15, 0.2) is 12.1 Å². The summed E-state index contributed by atoms with van der Waals surface area (Å²) < 4.78 is 1.14. The maximum absolute atomic E-state index is 6.01. The molecule has 1 aromatic carbocycles. The number of halogens is 2. The second-order valence-corrected chi connectivity index (χ2v) is 3.90. The van der Waals surface area contributed by atoms with Gasteiger partial charge in [-0.15, -0.1) is 0 Å². The van der Waals surface area contributed by atoms with Crippen molar-refractivity contribution in [1.29, 1.82) is 0 Å². The quantitative estimate of drug-likeness (QED) is 0.787. The molecule has 0 aromatic heterocycles. The molecular formula is C8H9ClIN. The first-order valence-corrected chi connectivity index (χ1v) is 4.76. The zero-order valence-electron chi connectivity index (χ0n) is 6.20. The molecule has 11 heavy (non-hydrogen) atoms. The predicted octanol–water partition coefficient (Wildman–Crippen LogP) is 2.71.